The molecule has 22 heavy (non-hydrogen) atoms. The van der Waals surface area contributed by atoms with Gasteiger partial charge in [-0.3, -0.25) is 4.40 Å². The maximum absolute atomic E-state index is 12.2. The molecule has 0 aliphatic carbocycles. The molecule has 0 saturated heterocycles. The number of nitrogens with one attached hydrogen (secondary N) is 1. The van der Waals surface area contributed by atoms with E-state index in [9.17, 15) is 8.42 Å². The molecule has 3 aromatic rings. The van der Waals surface area contributed by atoms with Gasteiger partial charge in [0.05, 0.1) is 11.6 Å². The fourth-order valence-corrected chi connectivity index (χ4v) is 3.10. The standard InChI is InChI=1S/C12H13ClN6O2S/c1-8-15-12(7-18(8)2)22(20,21)14-5-11-17-16-10-4-3-9(13)6-19(10)11/h3-4,6-7,14H,5H2,1-2H3. The van der Waals surface area contributed by atoms with E-state index in [2.05, 4.69) is 19.9 Å². The van der Waals surface area contributed by atoms with E-state index < -0.39 is 10.0 Å². The molecule has 116 valence electrons. The molecule has 0 saturated carbocycles. The molecule has 0 unspecified atom stereocenters. The molecule has 0 spiro atoms. The summed E-state index contributed by atoms with van der Waals surface area (Å²) in [5.74, 6) is 1.05. The first-order valence-corrected chi connectivity index (χ1v) is 8.22. The van der Waals surface area contributed by atoms with Gasteiger partial charge in [-0.25, -0.2) is 18.1 Å². The zero-order valence-electron chi connectivity index (χ0n) is 11.9. The zero-order valence-corrected chi connectivity index (χ0v) is 13.4. The topological polar surface area (TPSA) is 94.2 Å². The van der Waals surface area contributed by atoms with Gasteiger partial charge in [0.1, 0.15) is 5.82 Å². The Morgan fingerprint density at radius 1 is 1.27 bits per heavy atom. The number of aryl methyl sites for hydroxylation is 2. The minimum atomic E-state index is -3.71. The van der Waals surface area contributed by atoms with Crippen molar-refractivity contribution in [3.63, 3.8) is 0 Å². The largest absolute Gasteiger partial charge is 0.337 e. The average Bonchev–Trinajstić information content (AvgIpc) is 3.01. The van der Waals surface area contributed by atoms with Gasteiger partial charge in [-0.15, -0.1) is 10.2 Å². The van der Waals surface area contributed by atoms with Gasteiger partial charge in [0.2, 0.25) is 0 Å². The van der Waals surface area contributed by atoms with Crippen LogP contribution in [0.25, 0.3) is 5.65 Å². The molecule has 3 heterocycles. The number of hydrogen-bond acceptors (Lipinski definition) is 5. The highest BCUT2D eigenvalue weighted by Crippen LogP contribution is 2.12. The van der Waals surface area contributed by atoms with Crippen LogP contribution in [0, 0.1) is 6.92 Å². The number of fused-ring (bicyclic) bond motifs is 1. The van der Waals surface area contributed by atoms with Crippen molar-refractivity contribution in [3.8, 4) is 0 Å². The van der Waals surface area contributed by atoms with Gasteiger partial charge in [0.25, 0.3) is 10.0 Å². The van der Waals surface area contributed by atoms with Crippen molar-refractivity contribution >= 4 is 27.3 Å². The van der Waals surface area contributed by atoms with Crippen LogP contribution in [0.5, 0.6) is 0 Å². The predicted octanol–water partition coefficient (Wildman–Crippen LogP) is 0.903. The van der Waals surface area contributed by atoms with E-state index in [-0.39, 0.29) is 11.6 Å². The molecule has 0 atom stereocenters. The number of nitrogens with zero attached hydrogens (tertiary/aromatic N) is 5. The average molecular weight is 341 g/mol. The number of pyridine rings is 1. The highest BCUT2D eigenvalue weighted by Gasteiger charge is 2.19. The van der Waals surface area contributed by atoms with E-state index >= 15 is 0 Å². The van der Waals surface area contributed by atoms with Crippen LogP contribution >= 0.6 is 11.6 Å². The van der Waals surface area contributed by atoms with Gasteiger partial charge >= 0.3 is 0 Å². The first-order chi connectivity index (χ1) is 10.4. The quantitative estimate of drug-likeness (QED) is 0.761. The summed E-state index contributed by atoms with van der Waals surface area (Å²) < 4.78 is 30.2. The van der Waals surface area contributed by atoms with E-state index in [1.807, 2.05) is 0 Å². The van der Waals surface area contributed by atoms with E-state index in [1.54, 1.807) is 41.3 Å². The minimum absolute atomic E-state index is 0.0144. The summed E-state index contributed by atoms with van der Waals surface area (Å²) in [5, 5.41) is 8.39. The number of halogens is 1. The summed E-state index contributed by atoms with van der Waals surface area (Å²) in [5.41, 5.74) is 0.590. The Morgan fingerprint density at radius 2 is 2.05 bits per heavy atom. The molecule has 0 radical (unpaired) electrons. The van der Waals surface area contributed by atoms with E-state index in [0.29, 0.717) is 22.3 Å². The number of aromatic nitrogens is 5. The molecule has 0 aliphatic rings. The van der Waals surface area contributed by atoms with Gasteiger partial charge in [-0.1, -0.05) is 11.6 Å². The lowest BCUT2D eigenvalue weighted by Gasteiger charge is -2.03. The Labute approximate surface area is 131 Å². The van der Waals surface area contributed by atoms with Crippen LogP contribution in [0.1, 0.15) is 11.6 Å². The van der Waals surface area contributed by atoms with Crippen LogP contribution in [0.3, 0.4) is 0 Å². The van der Waals surface area contributed by atoms with Gasteiger partial charge in [0.15, 0.2) is 16.5 Å². The van der Waals surface area contributed by atoms with Gasteiger partial charge in [0, 0.05) is 19.4 Å². The van der Waals surface area contributed by atoms with Crippen LogP contribution < -0.4 is 4.72 Å². The molecule has 0 aliphatic heterocycles. The second-order valence-corrected chi connectivity index (χ2v) is 6.90. The summed E-state index contributed by atoms with van der Waals surface area (Å²) >= 11 is 5.93. The van der Waals surface area contributed by atoms with Crippen molar-refractivity contribution in [2.75, 3.05) is 0 Å². The maximum atomic E-state index is 12.2. The Bertz CT molecular complexity index is 926. The minimum Gasteiger partial charge on any atom is -0.337 e. The Balaban J connectivity index is 1.85. The molecule has 10 heteroatoms. The molecule has 3 rings (SSSR count). The van der Waals surface area contributed by atoms with Crippen molar-refractivity contribution < 1.29 is 8.42 Å². The lowest BCUT2D eigenvalue weighted by molar-refractivity contribution is 0.575. The third-order valence-electron chi connectivity index (χ3n) is 3.22. The number of sulfonamides is 1. The zero-order chi connectivity index (χ0) is 15.9. The van der Waals surface area contributed by atoms with Gasteiger partial charge < -0.3 is 4.57 Å². The van der Waals surface area contributed by atoms with Crippen LogP contribution in [-0.2, 0) is 23.6 Å². The summed E-state index contributed by atoms with van der Waals surface area (Å²) in [6, 6.07) is 3.39. The van der Waals surface area contributed by atoms with Crippen molar-refractivity contribution in [1.29, 1.82) is 0 Å². The highest BCUT2D eigenvalue weighted by molar-refractivity contribution is 7.89. The highest BCUT2D eigenvalue weighted by atomic mass is 35.5. The molecule has 0 aromatic carbocycles. The Kier molecular flexibility index (Phi) is 3.63. The fraction of sp³-hybridized carbons (Fsp3) is 0.250. The molecule has 0 amide bonds. The third kappa shape index (κ3) is 2.70. The fourth-order valence-electron chi connectivity index (χ4n) is 1.92. The molecular formula is C12H13ClN6O2S. The summed E-state index contributed by atoms with van der Waals surface area (Å²) in [6.45, 7) is 1.71. The summed E-state index contributed by atoms with van der Waals surface area (Å²) in [4.78, 5) is 4.01. The van der Waals surface area contributed by atoms with E-state index in [1.165, 1.54) is 6.20 Å². The maximum Gasteiger partial charge on any atom is 0.260 e. The van der Waals surface area contributed by atoms with Crippen LogP contribution in [0.2, 0.25) is 5.02 Å². The van der Waals surface area contributed by atoms with Crippen molar-refractivity contribution in [1.82, 2.24) is 28.9 Å². The van der Waals surface area contributed by atoms with Gasteiger partial charge in [-0.05, 0) is 19.1 Å². The van der Waals surface area contributed by atoms with E-state index in [4.69, 9.17) is 11.6 Å². The molecular weight excluding hydrogens is 328 g/mol. The Hall–Kier alpha value is -1.97. The normalized spacial score (nSPS) is 12.1. The summed E-state index contributed by atoms with van der Waals surface area (Å²) in [6.07, 6.45) is 3.09. The molecule has 0 bridgehead atoms. The number of hydrogen-bond donors (Lipinski definition) is 1. The summed E-state index contributed by atoms with van der Waals surface area (Å²) in [7, 11) is -1.98. The van der Waals surface area contributed by atoms with Crippen LogP contribution in [0.15, 0.2) is 29.6 Å². The lowest BCUT2D eigenvalue weighted by atomic mass is 10.4. The number of imidazole rings is 1. The second kappa shape index (κ2) is 5.34. The first kappa shape index (κ1) is 14.9. The molecule has 8 nitrogen and oxygen atoms in total. The van der Waals surface area contributed by atoms with Crippen molar-refractivity contribution in [2.45, 2.75) is 18.5 Å². The molecule has 0 fully saturated rings. The SMILES string of the molecule is Cc1nc(S(=O)(=O)NCc2nnc3ccc(Cl)cn23)cn1C. The Morgan fingerprint density at radius 3 is 2.73 bits per heavy atom. The van der Waals surface area contributed by atoms with Crippen LogP contribution in [-0.4, -0.2) is 32.6 Å². The monoisotopic (exact) mass is 340 g/mol. The number of rotatable bonds is 4. The molecule has 1 N–H and O–H groups in total. The molecule has 3 aromatic heterocycles. The third-order valence-corrected chi connectivity index (χ3v) is 4.71. The van der Waals surface area contributed by atoms with Gasteiger partial charge in [-0.2, -0.15) is 0 Å². The lowest BCUT2D eigenvalue weighted by Crippen LogP contribution is -2.24. The smallest absolute Gasteiger partial charge is 0.260 e. The van der Waals surface area contributed by atoms with Crippen LogP contribution in [0.4, 0.5) is 0 Å². The predicted molar refractivity (Wildman–Crippen MR) is 80.0 cm³/mol. The first-order valence-electron chi connectivity index (χ1n) is 6.35. The van der Waals surface area contributed by atoms with E-state index in [0.717, 1.165) is 0 Å². The van der Waals surface area contributed by atoms with Crippen molar-refractivity contribution in [2.24, 2.45) is 7.05 Å². The van der Waals surface area contributed by atoms with Crippen molar-refractivity contribution in [3.05, 3.63) is 41.2 Å². The second-order valence-electron chi connectivity index (χ2n) is 4.75.